The van der Waals surface area contributed by atoms with Crippen LogP contribution in [0.3, 0.4) is 0 Å². The molecule has 0 aliphatic carbocycles. The molecule has 0 unspecified atom stereocenters. The number of amides is 1. The van der Waals surface area contributed by atoms with Crippen molar-refractivity contribution in [3.63, 3.8) is 0 Å². The van der Waals surface area contributed by atoms with Gasteiger partial charge in [0.15, 0.2) is 17.2 Å². The first-order chi connectivity index (χ1) is 14.3. The molecule has 0 heterocycles. The first-order valence-corrected chi connectivity index (χ1v) is 9.40. The number of hydrogen-bond donors (Lipinski definition) is 1. The number of likely N-dealkylation sites (N-methyl/N-ethyl adjacent to an activating group) is 1. The van der Waals surface area contributed by atoms with Gasteiger partial charge in [0.1, 0.15) is 0 Å². The quantitative estimate of drug-likeness (QED) is 0.467. The summed E-state index contributed by atoms with van der Waals surface area (Å²) >= 11 is 0. The number of rotatable bonds is 10. The van der Waals surface area contributed by atoms with Crippen molar-refractivity contribution in [1.29, 1.82) is 0 Å². The number of nitro groups is 1. The number of ether oxygens (including phenoxy) is 3. The van der Waals surface area contributed by atoms with Crippen molar-refractivity contribution in [1.82, 2.24) is 4.90 Å². The van der Waals surface area contributed by atoms with E-state index in [4.69, 9.17) is 14.2 Å². The smallest absolute Gasteiger partial charge is 0.311 e. The zero-order valence-electron chi connectivity index (χ0n) is 17.9. The number of anilines is 1. The van der Waals surface area contributed by atoms with E-state index in [0.29, 0.717) is 35.9 Å². The number of hydrogen-bond acceptors (Lipinski definition) is 7. The van der Waals surface area contributed by atoms with Crippen LogP contribution < -0.4 is 19.5 Å². The van der Waals surface area contributed by atoms with E-state index in [1.54, 1.807) is 14.0 Å². The van der Waals surface area contributed by atoms with Crippen LogP contribution in [-0.2, 0) is 11.3 Å². The maximum atomic E-state index is 12.5. The molecule has 0 aliphatic rings. The van der Waals surface area contributed by atoms with Crippen molar-refractivity contribution < 1.29 is 23.9 Å². The van der Waals surface area contributed by atoms with Gasteiger partial charge in [-0.2, -0.15) is 0 Å². The Balaban J connectivity index is 2.04. The molecule has 30 heavy (non-hydrogen) atoms. The third kappa shape index (κ3) is 5.84. The summed E-state index contributed by atoms with van der Waals surface area (Å²) in [5.41, 5.74) is 1.88. The number of nitrogens with one attached hydrogen (secondary N) is 1. The Morgan fingerprint density at radius 3 is 2.43 bits per heavy atom. The molecule has 0 saturated carbocycles. The molecule has 2 rings (SSSR count). The van der Waals surface area contributed by atoms with Gasteiger partial charge in [0.25, 0.3) is 0 Å². The average Bonchev–Trinajstić information content (AvgIpc) is 2.70. The molecule has 162 valence electrons. The van der Waals surface area contributed by atoms with Gasteiger partial charge in [0, 0.05) is 24.4 Å². The molecule has 1 N–H and O–H groups in total. The molecule has 0 bridgehead atoms. The van der Waals surface area contributed by atoms with Crippen LogP contribution in [0.25, 0.3) is 0 Å². The number of methoxy groups -OCH3 is 2. The van der Waals surface area contributed by atoms with Crippen LogP contribution in [-0.4, -0.2) is 50.1 Å². The van der Waals surface area contributed by atoms with Crippen molar-refractivity contribution in [2.45, 2.75) is 20.4 Å². The first kappa shape index (κ1) is 23.0. The molecule has 0 saturated heterocycles. The second-order valence-electron chi connectivity index (χ2n) is 6.73. The fourth-order valence-electron chi connectivity index (χ4n) is 3.00. The van der Waals surface area contributed by atoms with E-state index in [-0.39, 0.29) is 23.9 Å². The highest BCUT2D eigenvalue weighted by Gasteiger charge is 2.19. The summed E-state index contributed by atoms with van der Waals surface area (Å²) < 4.78 is 15.9. The molecular formula is C21H27N3O6. The lowest BCUT2D eigenvalue weighted by atomic mass is 10.1. The molecule has 0 aromatic heterocycles. The standard InChI is InChI=1S/C21H27N3O6/c1-6-30-18-8-7-15(10-20(18)29-5)12-23(3)13-21(25)22-16-11-19(28-4)17(24(26)27)9-14(16)2/h7-11H,6,12-13H2,1-5H3,(H,22,25). The Bertz CT molecular complexity index is 916. The van der Waals surface area contributed by atoms with E-state index in [2.05, 4.69) is 5.32 Å². The predicted octanol–water partition coefficient (Wildman–Crippen LogP) is 3.39. The van der Waals surface area contributed by atoms with Gasteiger partial charge in [-0.1, -0.05) is 6.07 Å². The van der Waals surface area contributed by atoms with Gasteiger partial charge in [-0.15, -0.1) is 0 Å². The van der Waals surface area contributed by atoms with Crippen molar-refractivity contribution in [2.75, 3.05) is 39.7 Å². The Morgan fingerprint density at radius 2 is 1.83 bits per heavy atom. The maximum absolute atomic E-state index is 12.5. The molecule has 0 spiro atoms. The summed E-state index contributed by atoms with van der Waals surface area (Å²) in [4.78, 5) is 24.9. The summed E-state index contributed by atoms with van der Waals surface area (Å²) in [7, 11) is 4.76. The van der Waals surface area contributed by atoms with Crippen molar-refractivity contribution in [3.8, 4) is 17.2 Å². The van der Waals surface area contributed by atoms with Crippen LogP contribution in [0.4, 0.5) is 11.4 Å². The van der Waals surface area contributed by atoms with Crippen LogP contribution in [0.1, 0.15) is 18.1 Å². The van der Waals surface area contributed by atoms with Crippen molar-refractivity contribution in [3.05, 3.63) is 51.6 Å². The zero-order chi connectivity index (χ0) is 22.3. The van der Waals surface area contributed by atoms with Crippen LogP contribution in [0.5, 0.6) is 17.2 Å². The van der Waals surface area contributed by atoms with Crippen LogP contribution >= 0.6 is 0 Å². The van der Waals surface area contributed by atoms with E-state index in [1.807, 2.05) is 37.1 Å². The van der Waals surface area contributed by atoms with E-state index in [1.165, 1.54) is 19.2 Å². The number of benzene rings is 2. The highest BCUT2D eigenvalue weighted by atomic mass is 16.6. The molecule has 1 amide bonds. The Kier molecular flexibility index (Phi) is 7.99. The second-order valence-corrected chi connectivity index (χ2v) is 6.73. The molecular weight excluding hydrogens is 390 g/mol. The Morgan fingerprint density at radius 1 is 1.13 bits per heavy atom. The molecule has 9 heteroatoms. The Hall–Kier alpha value is -3.33. The predicted molar refractivity (Wildman–Crippen MR) is 114 cm³/mol. The van der Waals surface area contributed by atoms with Crippen molar-refractivity contribution >= 4 is 17.3 Å². The fraction of sp³-hybridized carbons (Fsp3) is 0.381. The molecule has 0 fully saturated rings. The Labute approximate surface area is 175 Å². The SMILES string of the molecule is CCOc1ccc(CN(C)CC(=O)Nc2cc(OC)c([N+](=O)[O-])cc2C)cc1OC. The highest BCUT2D eigenvalue weighted by Crippen LogP contribution is 2.33. The first-order valence-electron chi connectivity index (χ1n) is 9.40. The topological polar surface area (TPSA) is 103 Å². The number of nitro benzene ring substituents is 1. The van der Waals surface area contributed by atoms with Crippen LogP contribution in [0.2, 0.25) is 0 Å². The van der Waals surface area contributed by atoms with Gasteiger partial charge in [-0.05, 0) is 44.2 Å². The minimum absolute atomic E-state index is 0.0933. The number of aryl methyl sites for hydroxylation is 1. The lowest BCUT2D eigenvalue weighted by Crippen LogP contribution is -2.30. The van der Waals surface area contributed by atoms with E-state index < -0.39 is 4.92 Å². The lowest BCUT2D eigenvalue weighted by molar-refractivity contribution is -0.385. The summed E-state index contributed by atoms with van der Waals surface area (Å²) in [6, 6.07) is 8.49. The number of nitrogens with zero attached hydrogens (tertiary/aromatic N) is 2. The largest absolute Gasteiger partial charge is 0.493 e. The molecule has 9 nitrogen and oxygen atoms in total. The second kappa shape index (κ2) is 10.4. The normalized spacial score (nSPS) is 10.6. The van der Waals surface area contributed by atoms with Gasteiger partial charge in [-0.25, -0.2) is 0 Å². The van der Waals surface area contributed by atoms with Crippen LogP contribution in [0.15, 0.2) is 30.3 Å². The molecule has 0 aliphatic heterocycles. The van der Waals surface area contributed by atoms with E-state index in [0.717, 1.165) is 5.56 Å². The van der Waals surface area contributed by atoms with Gasteiger partial charge in [-0.3, -0.25) is 19.8 Å². The van der Waals surface area contributed by atoms with E-state index >= 15 is 0 Å². The van der Waals surface area contributed by atoms with Gasteiger partial charge < -0.3 is 19.5 Å². The van der Waals surface area contributed by atoms with Crippen molar-refractivity contribution in [2.24, 2.45) is 0 Å². The fourth-order valence-corrected chi connectivity index (χ4v) is 3.00. The highest BCUT2D eigenvalue weighted by molar-refractivity contribution is 5.93. The maximum Gasteiger partial charge on any atom is 0.311 e. The third-order valence-electron chi connectivity index (χ3n) is 4.39. The minimum Gasteiger partial charge on any atom is -0.493 e. The summed E-state index contributed by atoms with van der Waals surface area (Å²) in [5, 5.41) is 13.9. The molecule has 2 aromatic carbocycles. The number of carbonyl (C=O) groups is 1. The number of carbonyl (C=O) groups excluding carboxylic acids is 1. The lowest BCUT2D eigenvalue weighted by Gasteiger charge is -2.18. The molecule has 0 radical (unpaired) electrons. The van der Waals surface area contributed by atoms with Gasteiger partial charge >= 0.3 is 5.69 Å². The summed E-state index contributed by atoms with van der Waals surface area (Å²) in [6.07, 6.45) is 0. The zero-order valence-corrected chi connectivity index (χ0v) is 17.9. The van der Waals surface area contributed by atoms with E-state index in [9.17, 15) is 14.9 Å². The molecule has 0 atom stereocenters. The van der Waals surface area contributed by atoms with Gasteiger partial charge in [0.05, 0.1) is 32.3 Å². The molecule has 2 aromatic rings. The monoisotopic (exact) mass is 417 g/mol. The van der Waals surface area contributed by atoms with Gasteiger partial charge in [0.2, 0.25) is 5.91 Å². The summed E-state index contributed by atoms with van der Waals surface area (Å²) in [6.45, 7) is 4.80. The minimum atomic E-state index is -0.518. The summed E-state index contributed by atoms with van der Waals surface area (Å²) in [5.74, 6) is 1.16. The average molecular weight is 417 g/mol. The third-order valence-corrected chi connectivity index (χ3v) is 4.39. The van der Waals surface area contributed by atoms with Crippen LogP contribution in [0, 0.1) is 17.0 Å².